The quantitative estimate of drug-likeness (QED) is 0.797. The minimum absolute atomic E-state index is 0.234. The summed E-state index contributed by atoms with van der Waals surface area (Å²) in [6.07, 6.45) is 1.17. The number of benzene rings is 1. The van der Waals surface area contributed by atoms with E-state index in [2.05, 4.69) is 68.0 Å². The van der Waals surface area contributed by atoms with E-state index in [1.807, 2.05) is 0 Å². The molecule has 0 aromatic heterocycles. The third-order valence-corrected chi connectivity index (χ3v) is 4.27. The number of rotatable bonds is 5. The van der Waals surface area contributed by atoms with E-state index in [4.69, 9.17) is 0 Å². The van der Waals surface area contributed by atoms with Crippen LogP contribution in [0.4, 0.5) is 0 Å². The molecule has 0 aliphatic rings. The predicted molar refractivity (Wildman–Crippen MR) is 79.8 cm³/mol. The summed E-state index contributed by atoms with van der Waals surface area (Å²) in [5, 5.41) is 3.41. The van der Waals surface area contributed by atoms with Crippen molar-refractivity contribution in [1.82, 2.24) is 5.32 Å². The molecule has 0 unspecified atom stereocenters. The number of aryl methyl sites for hydroxylation is 2. The third-order valence-electron chi connectivity index (χ3n) is 3.41. The van der Waals surface area contributed by atoms with Crippen molar-refractivity contribution in [3.8, 4) is 0 Å². The van der Waals surface area contributed by atoms with Crippen LogP contribution in [0, 0.1) is 13.8 Å². The molecular formula is C15H24BrN. The van der Waals surface area contributed by atoms with Crippen molar-refractivity contribution in [3.05, 3.63) is 33.3 Å². The topological polar surface area (TPSA) is 12.0 Å². The minimum Gasteiger partial charge on any atom is -0.317 e. The van der Waals surface area contributed by atoms with Crippen LogP contribution in [0.2, 0.25) is 0 Å². The van der Waals surface area contributed by atoms with Crippen LogP contribution in [-0.2, 0) is 5.41 Å². The summed E-state index contributed by atoms with van der Waals surface area (Å²) in [5.74, 6) is 0. The van der Waals surface area contributed by atoms with Gasteiger partial charge in [-0.15, -0.1) is 0 Å². The minimum atomic E-state index is 0.234. The molecule has 1 nitrogen and oxygen atoms in total. The fraction of sp³-hybridized carbons (Fsp3) is 0.600. The van der Waals surface area contributed by atoms with E-state index in [0.717, 1.165) is 13.1 Å². The molecule has 0 aliphatic carbocycles. The van der Waals surface area contributed by atoms with Gasteiger partial charge >= 0.3 is 0 Å². The smallest absolute Gasteiger partial charge is 0.0207 e. The second-order valence-electron chi connectivity index (χ2n) is 5.40. The highest BCUT2D eigenvalue weighted by atomic mass is 79.9. The van der Waals surface area contributed by atoms with Gasteiger partial charge in [0.15, 0.2) is 0 Å². The largest absolute Gasteiger partial charge is 0.317 e. The summed E-state index contributed by atoms with van der Waals surface area (Å²) in [6, 6.07) is 4.56. The van der Waals surface area contributed by atoms with Gasteiger partial charge in [0.1, 0.15) is 0 Å². The van der Waals surface area contributed by atoms with Gasteiger partial charge < -0.3 is 5.32 Å². The molecule has 1 rings (SSSR count). The maximum Gasteiger partial charge on any atom is 0.0207 e. The van der Waals surface area contributed by atoms with Gasteiger partial charge in [-0.1, -0.05) is 42.8 Å². The third kappa shape index (κ3) is 3.82. The van der Waals surface area contributed by atoms with Crippen LogP contribution in [0.5, 0.6) is 0 Å². The number of hydrogen-bond donors (Lipinski definition) is 1. The summed E-state index contributed by atoms with van der Waals surface area (Å²) in [4.78, 5) is 0. The lowest BCUT2D eigenvalue weighted by Crippen LogP contribution is -2.26. The second kappa shape index (κ2) is 6.01. The molecule has 0 saturated heterocycles. The molecular weight excluding hydrogens is 274 g/mol. The number of halogens is 1. The molecule has 0 bridgehead atoms. The van der Waals surface area contributed by atoms with Gasteiger partial charge in [-0.05, 0) is 61.5 Å². The Morgan fingerprint density at radius 2 is 1.82 bits per heavy atom. The monoisotopic (exact) mass is 297 g/mol. The zero-order valence-corrected chi connectivity index (χ0v) is 13.2. The molecule has 2 heteroatoms. The second-order valence-corrected chi connectivity index (χ2v) is 6.26. The zero-order valence-electron chi connectivity index (χ0n) is 11.7. The highest BCUT2D eigenvalue weighted by Gasteiger charge is 2.22. The van der Waals surface area contributed by atoms with Gasteiger partial charge in [-0.3, -0.25) is 0 Å². The molecule has 0 amide bonds. The molecule has 1 aromatic rings. The van der Waals surface area contributed by atoms with Gasteiger partial charge in [0.2, 0.25) is 0 Å². The van der Waals surface area contributed by atoms with Crippen molar-refractivity contribution in [2.45, 2.75) is 46.5 Å². The highest BCUT2D eigenvalue weighted by Crippen LogP contribution is 2.32. The number of nitrogens with one attached hydrogen (secondary N) is 1. The molecule has 0 aliphatic heterocycles. The molecule has 0 heterocycles. The van der Waals surface area contributed by atoms with Gasteiger partial charge in [0.05, 0.1) is 0 Å². The Morgan fingerprint density at radius 3 is 2.41 bits per heavy atom. The average molecular weight is 298 g/mol. The van der Waals surface area contributed by atoms with Crippen molar-refractivity contribution >= 4 is 15.9 Å². The van der Waals surface area contributed by atoms with Crippen LogP contribution in [0.15, 0.2) is 16.6 Å². The Hall–Kier alpha value is -0.340. The maximum atomic E-state index is 3.60. The van der Waals surface area contributed by atoms with Crippen LogP contribution in [-0.4, -0.2) is 13.1 Å². The van der Waals surface area contributed by atoms with E-state index in [1.165, 1.54) is 27.6 Å². The number of hydrogen-bond acceptors (Lipinski definition) is 1. The Morgan fingerprint density at radius 1 is 1.18 bits per heavy atom. The van der Waals surface area contributed by atoms with Crippen molar-refractivity contribution in [3.63, 3.8) is 0 Å². The lowest BCUT2D eigenvalue weighted by molar-refractivity contribution is 0.459. The van der Waals surface area contributed by atoms with E-state index in [-0.39, 0.29) is 5.41 Å². The van der Waals surface area contributed by atoms with E-state index in [0.29, 0.717) is 0 Å². The fourth-order valence-corrected chi connectivity index (χ4v) is 2.68. The summed E-state index contributed by atoms with van der Waals surface area (Å²) < 4.78 is 1.21. The Kier molecular flexibility index (Phi) is 5.21. The zero-order chi connectivity index (χ0) is 13.1. The molecule has 17 heavy (non-hydrogen) atoms. The average Bonchev–Trinajstić information content (AvgIpc) is 2.23. The van der Waals surface area contributed by atoms with Gasteiger partial charge in [-0.2, -0.15) is 0 Å². The van der Waals surface area contributed by atoms with Crippen molar-refractivity contribution < 1.29 is 0 Å². The Bertz CT molecular complexity index is 383. The van der Waals surface area contributed by atoms with Crippen LogP contribution in [0.3, 0.4) is 0 Å². The SMILES string of the molecule is CCNCCC(C)(C)c1cc(C)c(Br)cc1C. The lowest BCUT2D eigenvalue weighted by atomic mass is 9.78. The van der Waals surface area contributed by atoms with E-state index >= 15 is 0 Å². The molecule has 1 N–H and O–H groups in total. The molecule has 1 aromatic carbocycles. The first-order chi connectivity index (χ1) is 7.88. The van der Waals surface area contributed by atoms with E-state index in [1.54, 1.807) is 0 Å². The molecule has 0 radical (unpaired) electrons. The predicted octanol–water partition coefficient (Wildman–Crippen LogP) is 4.34. The van der Waals surface area contributed by atoms with E-state index in [9.17, 15) is 0 Å². The molecule has 0 fully saturated rings. The summed E-state index contributed by atoms with van der Waals surface area (Å²) >= 11 is 3.60. The standard InChI is InChI=1S/C15H24BrN/c1-6-17-8-7-15(4,5)13-9-12(3)14(16)10-11(13)2/h9-10,17H,6-8H2,1-5H3. The first kappa shape index (κ1) is 14.7. The maximum absolute atomic E-state index is 3.60. The summed E-state index contributed by atoms with van der Waals surface area (Å²) in [7, 11) is 0. The first-order valence-electron chi connectivity index (χ1n) is 6.36. The normalized spacial score (nSPS) is 11.9. The first-order valence-corrected chi connectivity index (χ1v) is 7.15. The Labute approximate surface area is 114 Å². The molecule has 0 atom stereocenters. The van der Waals surface area contributed by atoms with Crippen molar-refractivity contribution in [1.29, 1.82) is 0 Å². The Balaban J connectivity index is 2.93. The highest BCUT2D eigenvalue weighted by molar-refractivity contribution is 9.10. The van der Waals surface area contributed by atoms with Gasteiger partial charge in [-0.25, -0.2) is 0 Å². The molecule has 0 saturated carbocycles. The summed E-state index contributed by atoms with van der Waals surface area (Å²) in [6.45, 7) is 13.3. The van der Waals surface area contributed by atoms with Crippen molar-refractivity contribution in [2.24, 2.45) is 0 Å². The molecule has 0 spiro atoms. The van der Waals surface area contributed by atoms with Crippen LogP contribution in [0.25, 0.3) is 0 Å². The summed E-state index contributed by atoms with van der Waals surface area (Å²) in [5.41, 5.74) is 4.40. The van der Waals surface area contributed by atoms with Crippen LogP contribution in [0.1, 0.15) is 43.9 Å². The van der Waals surface area contributed by atoms with E-state index < -0.39 is 0 Å². The molecule has 96 valence electrons. The van der Waals surface area contributed by atoms with Crippen molar-refractivity contribution in [2.75, 3.05) is 13.1 Å². The van der Waals surface area contributed by atoms with Gasteiger partial charge in [0, 0.05) is 4.47 Å². The lowest BCUT2D eigenvalue weighted by Gasteiger charge is -2.28. The fourth-order valence-electron chi connectivity index (χ4n) is 2.22. The van der Waals surface area contributed by atoms with Gasteiger partial charge in [0.25, 0.3) is 0 Å². The van der Waals surface area contributed by atoms with Crippen LogP contribution >= 0.6 is 15.9 Å². The van der Waals surface area contributed by atoms with Crippen LogP contribution < -0.4 is 5.32 Å².